The van der Waals surface area contributed by atoms with Gasteiger partial charge in [0.25, 0.3) is 0 Å². The van der Waals surface area contributed by atoms with Crippen molar-refractivity contribution in [3.63, 3.8) is 0 Å². The van der Waals surface area contributed by atoms with Gasteiger partial charge in [0.2, 0.25) is 11.8 Å². The molecule has 2 amide bonds. The molecule has 3 rings (SSSR count). The second-order valence-corrected chi connectivity index (χ2v) is 8.53. The molecule has 3 saturated heterocycles. The normalized spacial score (nSPS) is 38.7. The maximum absolute atomic E-state index is 13.5. The molecular weight excluding hydrogens is 324 g/mol. The second kappa shape index (κ2) is 6.87. The highest BCUT2D eigenvalue weighted by atomic mass is 32.2. The topological polar surface area (TPSA) is 49.9 Å². The Labute approximate surface area is 149 Å². The molecular formula is C18H30N2O3S. The third-order valence-corrected chi connectivity index (χ3v) is 6.60. The molecule has 0 aromatic carbocycles. The van der Waals surface area contributed by atoms with Crippen LogP contribution in [0, 0.1) is 5.41 Å². The van der Waals surface area contributed by atoms with E-state index in [2.05, 4.69) is 11.8 Å². The quantitative estimate of drug-likeness (QED) is 0.776. The van der Waals surface area contributed by atoms with E-state index in [0.29, 0.717) is 18.8 Å². The molecule has 3 fully saturated rings. The number of rotatable bonds is 4. The molecule has 5 nitrogen and oxygen atoms in total. The number of nitrogens with zero attached hydrogens (tertiary/aromatic N) is 2. The number of fused-ring (bicyclic) bond motifs is 2. The number of hydrogen-bond donors (Lipinski definition) is 0. The van der Waals surface area contributed by atoms with Crippen molar-refractivity contribution in [3.8, 4) is 0 Å². The van der Waals surface area contributed by atoms with Crippen molar-refractivity contribution >= 4 is 23.6 Å². The van der Waals surface area contributed by atoms with Crippen molar-refractivity contribution in [3.05, 3.63) is 0 Å². The van der Waals surface area contributed by atoms with Crippen LogP contribution in [0.15, 0.2) is 0 Å². The summed E-state index contributed by atoms with van der Waals surface area (Å²) in [6, 6.07) is 0.350. The van der Waals surface area contributed by atoms with Gasteiger partial charge >= 0.3 is 0 Å². The molecule has 0 aliphatic carbocycles. The molecule has 3 aliphatic rings. The molecule has 0 unspecified atom stereocenters. The first kappa shape index (κ1) is 18.1. The van der Waals surface area contributed by atoms with Gasteiger partial charge in [-0.2, -0.15) is 11.8 Å². The molecule has 6 heteroatoms. The number of carbonyl (C=O) groups excluding carboxylic acids is 2. The summed E-state index contributed by atoms with van der Waals surface area (Å²) in [5.41, 5.74) is -0.381. The van der Waals surface area contributed by atoms with E-state index >= 15 is 0 Å². The Hall–Kier alpha value is -0.750. The number of ether oxygens (including phenoxy) is 1. The van der Waals surface area contributed by atoms with Crippen LogP contribution in [0.25, 0.3) is 0 Å². The van der Waals surface area contributed by atoms with Gasteiger partial charge in [-0.15, -0.1) is 0 Å². The lowest BCUT2D eigenvalue weighted by Crippen LogP contribution is -2.56. The summed E-state index contributed by atoms with van der Waals surface area (Å²) < 4.78 is 5.79. The van der Waals surface area contributed by atoms with E-state index in [0.717, 1.165) is 25.7 Å². The summed E-state index contributed by atoms with van der Waals surface area (Å²) in [6.07, 6.45) is 5.81. The van der Waals surface area contributed by atoms with Crippen molar-refractivity contribution < 1.29 is 14.3 Å². The fourth-order valence-electron chi connectivity index (χ4n) is 5.18. The lowest BCUT2D eigenvalue weighted by molar-refractivity contribution is -0.156. The Morgan fingerprint density at radius 3 is 2.46 bits per heavy atom. The number of carbonyl (C=O) groups is 2. The average Bonchev–Trinajstić information content (AvgIpc) is 3.09. The predicted molar refractivity (Wildman–Crippen MR) is 96.0 cm³/mol. The van der Waals surface area contributed by atoms with Gasteiger partial charge in [-0.25, -0.2) is 0 Å². The van der Waals surface area contributed by atoms with Gasteiger partial charge in [0.05, 0.1) is 23.4 Å². The predicted octanol–water partition coefficient (Wildman–Crippen LogP) is 2.14. The molecule has 2 bridgehead atoms. The van der Waals surface area contributed by atoms with Crippen molar-refractivity contribution in [2.24, 2.45) is 5.41 Å². The third kappa shape index (κ3) is 2.85. The Balaban J connectivity index is 1.82. The van der Waals surface area contributed by atoms with Crippen LogP contribution in [0.3, 0.4) is 0 Å². The van der Waals surface area contributed by atoms with Crippen molar-refractivity contribution in [1.29, 1.82) is 0 Å². The minimum atomic E-state index is -0.381. The third-order valence-electron chi connectivity index (χ3n) is 6.06. The van der Waals surface area contributed by atoms with Crippen LogP contribution >= 0.6 is 11.8 Å². The van der Waals surface area contributed by atoms with Gasteiger partial charge in [0, 0.05) is 25.2 Å². The fraction of sp³-hybridized carbons (Fsp3) is 0.889. The average molecular weight is 355 g/mol. The second-order valence-electron chi connectivity index (χ2n) is 7.66. The first-order valence-corrected chi connectivity index (χ1v) is 10.6. The minimum absolute atomic E-state index is 0.0828. The molecule has 5 atom stereocenters. The van der Waals surface area contributed by atoms with Gasteiger partial charge in [-0.3, -0.25) is 9.59 Å². The number of hydrogen-bond acceptors (Lipinski definition) is 4. The molecule has 0 aromatic rings. The van der Waals surface area contributed by atoms with Crippen LogP contribution in [0.1, 0.15) is 46.5 Å². The molecule has 0 saturated carbocycles. The van der Waals surface area contributed by atoms with E-state index in [1.807, 2.05) is 25.0 Å². The molecule has 24 heavy (non-hydrogen) atoms. The molecule has 3 aliphatic heterocycles. The Kier molecular flexibility index (Phi) is 5.17. The zero-order valence-corrected chi connectivity index (χ0v) is 16.1. The zero-order valence-electron chi connectivity index (χ0n) is 15.3. The first-order valence-electron chi connectivity index (χ1n) is 9.18. The SMILES string of the molecule is CC[C@@]1(C(=O)N2C[C@@H](C)O[C@@H](C)C2)C[C@@H]2CC[C@H]1N2C(=O)CSC. The van der Waals surface area contributed by atoms with Crippen LogP contribution in [-0.2, 0) is 14.3 Å². The van der Waals surface area contributed by atoms with E-state index in [1.54, 1.807) is 11.8 Å². The lowest BCUT2D eigenvalue weighted by atomic mass is 9.70. The van der Waals surface area contributed by atoms with Crippen LogP contribution < -0.4 is 0 Å². The summed E-state index contributed by atoms with van der Waals surface area (Å²) in [7, 11) is 0. The van der Waals surface area contributed by atoms with Crippen LogP contribution in [-0.4, -0.2) is 71.0 Å². The first-order chi connectivity index (χ1) is 11.4. The van der Waals surface area contributed by atoms with Crippen molar-refractivity contribution in [1.82, 2.24) is 9.80 Å². The van der Waals surface area contributed by atoms with E-state index in [-0.39, 0.29) is 41.5 Å². The maximum atomic E-state index is 13.5. The fourth-order valence-corrected chi connectivity index (χ4v) is 5.57. The van der Waals surface area contributed by atoms with E-state index in [9.17, 15) is 9.59 Å². The molecule has 3 heterocycles. The molecule has 0 spiro atoms. The maximum Gasteiger partial charge on any atom is 0.233 e. The lowest BCUT2D eigenvalue weighted by Gasteiger charge is -2.43. The Morgan fingerprint density at radius 1 is 1.21 bits per heavy atom. The highest BCUT2D eigenvalue weighted by Crippen LogP contribution is 2.53. The van der Waals surface area contributed by atoms with Crippen molar-refractivity contribution in [2.45, 2.75) is 70.7 Å². The number of morpholine rings is 1. The minimum Gasteiger partial charge on any atom is -0.372 e. The Bertz CT molecular complexity index is 504. The van der Waals surface area contributed by atoms with Gasteiger partial charge in [0.15, 0.2) is 0 Å². The van der Waals surface area contributed by atoms with Crippen LogP contribution in [0.5, 0.6) is 0 Å². The van der Waals surface area contributed by atoms with E-state index < -0.39 is 0 Å². The van der Waals surface area contributed by atoms with E-state index in [1.165, 1.54) is 0 Å². The summed E-state index contributed by atoms with van der Waals surface area (Å²) in [6.45, 7) is 7.51. The van der Waals surface area contributed by atoms with Crippen LogP contribution in [0.2, 0.25) is 0 Å². The molecule has 0 radical (unpaired) electrons. The molecule has 0 N–H and O–H groups in total. The van der Waals surface area contributed by atoms with Gasteiger partial charge in [-0.1, -0.05) is 6.92 Å². The number of amides is 2. The summed E-state index contributed by atoms with van der Waals surface area (Å²) in [5, 5.41) is 0. The van der Waals surface area contributed by atoms with Crippen molar-refractivity contribution in [2.75, 3.05) is 25.1 Å². The van der Waals surface area contributed by atoms with Gasteiger partial charge < -0.3 is 14.5 Å². The highest BCUT2D eigenvalue weighted by molar-refractivity contribution is 7.99. The standard InChI is InChI=1S/C18H30N2O3S/c1-5-18(17(22)19-9-12(2)23-13(3)10-19)8-14-6-7-15(18)20(14)16(21)11-24-4/h12-15H,5-11H2,1-4H3/t12-,13+,14-,15+,18+/m0/s1. The summed E-state index contributed by atoms with van der Waals surface area (Å²) in [4.78, 5) is 30.1. The van der Waals surface area contributed by atoms with Crippen LogP contribution in [0.4, 0.5) is 0 Å². The van der Waals surface area contributed by atoms with Gasteiger partial charge in [0.1, 0.15) is 0 Å². The van der Waals surface area contributed by atoms with Gasteiger partial charge in [-0.05, 0) is 45.8 Å². The Morgan fingerprint density at radius 2 is 1.88 bits per heavy atom. The number of thioether (sulfide) groups is 1. The smallest absolute Gasteiger partial charge is 0.233 e. The summed E-state index contributed by atoms with van der Waals surface area (Å²) >= 11 is 1.57. The largest absolute Gasteiger partial charge is 0.372 e. The molecule has 136 valence electrons. The molecule has 0 aromatic heterocycles. The summed E-state index contributed by atoms with van der Waals surface area (Å²) in [5.74, 6) is 0.982. The van der Waals surface area contributed by atoms with E-state index in [4.69, 9.17) is 4.74 Å². The zero-order chi connectivity index (χ0) is 17.5. The highest BCUT2D eigenvalue weighted by Gasteiger charge is 2.61. The monoisotopic (exact) mass is 354 g/mol.